The van der Waals surface area contributed by atoms with Gasteiger partial charge in [-0.3, -0.25) is 37.3 Å². The van der Waals surface area contributed by atoms with Gasteiger partial charge in [-0.2, -0.15) is 0 Å². The lowest BCUT2D eigenvalue weighted by molar-refractivity contribution is -0.160. The van der Waals surface area contributed by atoms with Crippen LogP contribution in [0.1, 0.15) is 233 Å². The van der Waals surface area contributed by atoms with E-state index in [2.05, 4.69) is 198 Å². The highest BCUT2D eigenvalue weighted by atomic mass is 31.2. The fraction of sp³-hybridized carbons (Fsp3) is 0.529. The topological polar surface area (TPSA) is 237 Å². The summed E-state index contributed by atoms with van der Waals surface area (Å²) < 4.78 is 68.2. The van der Waals surface area contributed by atoms with Gasteiger partial charge in [0, 0.05) is 12.8 Å². The zero-order valence-electron chi connectivity index (χ0n) is 63.3. The van der Waals surface area contributed by atoms with Gasteiger partial charge >= 0.3 is 39.5 Å². The number of hydrogen-bond acceptors (Lipinski definition) is 15. The average Bonchev–Trinajstić information content (AvgIpc) is 1.21. The van der Waals surface area contributed by atoms with Crippen LogP contribution in [0, 0.1) is 0 Å². The maximum absolute atomic E-state index is 13.1. The van der Waals surface area contributed by atoms with E-state index in [1.54, 1.807) is 24.3 Å². The maximum Gasteiger partial charge on any atom is 0.472 e. The number of carbonyl (C=O) groups excluding carboxylic acids is 4. The van der Waals surface area contributed by atoms with Gasteiger partial charge in [0.05, 0.1) is 39.3 Å². The normalized spacial score (nSPS) is 15.1. The molecule has 0 heterocycles. The lowest BCUT2D eigenvalue weighted by Gasteiger charge is -2.21. The summed E-state index contributed by atoms with van der Waals surface area (Å²) in [5, 5.41) is 10.6. The van der Waals surface area contributed by atoms with Crippen molar-refractivity contribution >= 4 is 39.5 Å². The second-order valence-electron chi connectivity index (χ2n) is 24.1. The zero-order valence-corrected chi connectivity index (χ0v) is 65.1. The Morgan fingerprint density at radius 2 is 0.500 bits per heavy atom. The maximum atomic E-state index is 13.1. The third-order valence-electron chi connectivity index (χ3n) is 14.5. The van der Waals surface area contributed by atoms with Gasteiger partial charge < -0.3 is 33.8 Å². The van der Waals surface area contributed by atoms with Gasteiger partial charge in [0.1, 0.15) is 19.3 Å². The largest absolute Gasteiger partial charge is 0.472 e. The summed E-state index contributed by atoms with van der Waals surface area (Å²) in [6, 6.07) is 0. The quantitative estimate of drug-likeness (QED) is 0.0169. The molecule has 4 unspecified atom stereocenters. The Balaban J connectivity index is 5.57. The minimum Gasteiger partial charge on any atom is -0.462 e. The van der Waals surface area contributed by atoms with E-state index in [0.29, 0.717) is 25.7 Å². The molecule has 0 radical (unpaired) electrons. The van der Waals surface area contributed by atoms with Gasteiger partial charge in [-0.25, -0.2) is 9.13 Å². The van der Waals surface area contributed by atoms with Crippen LogP contribution in [0.2, 0.25) is 0 Å². The second-order valence-corrected chi connectivity index (χ2v) is 27.0. The second kappa shape index (κ2) is 74.6. The number of allylic oxidation sites excluding steroid dienone is 34. The number of phosphoric ester groups is 2. The predicted molar refractivity (Wildman–Crippen MR) is 426 cm³/mol. The molecule has 0 amide bonds. The summed E-state index contributed by atoms with van der Waals surface area (Å²) in [6.45, 7) is 4.07. The summed E-state index contributed by atoms with van der Waals surface area (Å²) in [7, 11) is -10.1. The molecule has 0 spiro atoms. The molecule has 0 fully saturated rings. The molecule has 3 N–H and O–H groups in total. The lowest BCUT2D eigenvalue weighted by Crippen LogP contribution is -2.30. The highest BCUT2D eigenvalue weighted by Gasteiger charge is 2.30. The Bertz CT molecular complexity index is 2650. The molecule has 0 aliphatic heterocycles. The number of aliphatic hydroxyl groups is 1. The summed E-state index contributed by atoms with van der Waals surface area (Å²) in [4.78, 5) is 72.8. The van der Waals surface area contributed by atoms with E-state index < -0.39 is 97.5 Å². The Labute approximate surface area is 626 Å². The Kier molecular flexibility index (Phi) is 69.9. The van der Waals surface area contributed by atoms with Crippen LogP contribution in [0.25, 0.3) is 0 Å². The Morgan fingerprint density at radius 1 is 0.279 bits per heavy atom. The average molecular weight is 1490 g/mol. The van der Waals surface area contributed by atoms with Crippen LogP contribution in [-0.4, -0.2) is 96.7 Å². The van der Waals surface area contributed by atoms with Crippen LogP contribution in [0.4, 0.5) is 0 Å². The van der Waals surface area contributed by atoms with Crippen LogP contribution in [0.3, 0.4) is 0 Å². The number of rotatable bonds is 68. The zero-order chi connectivity index (χ0) is 76.0. The van der Waals surface area contributed by atoms with Gasteiger partial charge in [-0.1, -0.05) is 272 Å². The molecule has 17 nitrogen and oxygen atoms in total. The number of carbonyl (C=O) groups is 4. The first-order chi connectivity index (χ1) is 50.7. The molecule has 0 aromatic heterocycles. The monoisotopic (exact) mass is 1480 g/mol. The first kappa shape index (κ1) is 97.4. The smallest absolute Gasteiger partial charge is 0.462 e. The molecule has 19 heteroatoms. The number of ether oxygens (including phenoxy) is 4. The van der Waals surface area contributed by atoms with Gasteiger partial charge in [0.15, 0.2) is 12.2 Å². The van der Waals surface area contributed by atoms with Crippen molar-refractivity contribution in [2.24, 2.45) is 0 Å². The van der Waals surface area contributed by atoms with Crippen LogP contribution >= 0.6 is 15.6 Å². The van der Waals surface area contributed by atoms with Crippen molar-refractivity contribution in [3.05, 3.63) is 219 Å². The fourth-order valence-corrected chi connectivity index (χ4v) is 10.5. The summed E-state index contributed by atoms with van der Waals surface area (Å²) in [6.07, 6.45) is 94.2. The third-order valence-corrected chi connectivity index (χ3v) is 16.4. The number of phosphoric acid groups is 2. The number of unbranched alkanes of at least 4 members (excludes halogenated alkanes) is 8. The molecule has 0 saturated heterocycles. The van der Waals surface area contributed by atoms with Crippen LogP contribution in [-0.2, 0) is 65.4 Å². The van der Waals surface area contributed by atoms with E-state index >= 15 is 0 Å². The number of hydrogen-bond donors (Lipinski definition) is 3. The van der Waals surface area contributed by atoms with Gasteiger partial charge in [-0.05, 0) is 154 Å². The molecule has 582 valence electrons. The summed E-state index contributed by atoms with van der Waals surface area (Å²) in [5.41, 5.74) is 0. The molecule has 4 atom stereocenters. The van der Waals surface area contributed by atoms with Crippen molar-refractivity contribution in [2.75, 3.05) is 39.6 Å². The van der Waals surface area contributed by atoms with Gasteiger partial charge in [-0.15, -0.1) is 0 Å². The van der Waals surface area contributed by atoms with Crippen molar-refractivity contribution in [2.45, 2.75) is 251 Å². The minimum atomic E-state index is -5.03. The van der Waals surface area contributed by atoms with Crippen molar-refractivity contribution in [3.63, 3.8) is 0 Å². The van der Waals surface area contributed by atoms with Gasteiger partial charge in [0.2, 0.25) is 0 Å². The molecule has 104 heavy (non-hydrogen) atoms. The van der Waals surface area contributed by atoms with E-state index in [0.717, 1.165) is 154 Å². The van der Waals surface area contributed by atoms with Crippen LogP contribution in [0.5, 0.6) is 0 Å². The van der Waals surface area contributed by atoms with E-state index in [1.807, 2.05) is 24.3 Å². The Hall–Kier alpha value is -6.62. The third kappa shape index (κ3) is 73.7. The van der Waals surface area contributed by atoms with Gasteiger partial charge in [0.25, 0.3) is 0 Å². The standard InChI is InChI=1S/C85H130O17P2/c1-5-9-13-17-21-25-29-33-37-39-43-45-49-53-57-61-65-69-82(87)95-75-80(101-84(89)71-67-63-59-55-51-47-41-35-31-27-23-19-15-11-7-3)77-99-103(91,92)97-73-79(86)74-98-104(93,94)100-78-81(102-85(90)72-68-64-60-56-52-48-42-36-32-28-24-20-16-12-8-4)76-96-83(88)70-66-62-58-54-50-46-44-40-38-34-30-26-22-18-14-10-6-2/h9-16,21-28,33-38,41-46,51-52,55-56,63-64,67-68,79-81,86H,5-8,17-20,29-32,39-40,47-50,53-54,57-62,65-66,69-78H2,1-4H3,(H,91,92)(H,93,94)/b13-9-,14-10-,15-11-,16-12-,25-21-,26-22-,27-23-,28-24-,37-33-,38-34-,41-35-,42-36-,45-43-,46-44-,55-51-,56-52-,67-63-,68-64-. The highest BCUT2D eigenvalue weighted by molar-refractivity contribution is 7.47. The fourth-order valence-electron chi connectivity index (χ4n) is 8.88. The molecular formula is C85H130O17P2. The van der Waals surface area contributed by atoms with Crippen molar-refractivity contribution in [3.8, 4) is 0 Å². The van der Waals surface area contributed by atoms with Crippen molar-refractivity contribution in [1.29, 1.82) is 0 Å². The summed E-state index contributed by atoms with van der Waals surface area (Å²) in [5.74, 6) is -2.56. The molecule has 0 aromatic rings. The number of aliphatic hydroxyl groups excluding tert-OH is 1. The first-order valence-electron chi connectivity index (χ1n) is 38.0. The molecule has 0 aliphatic carbocycles. The lowest BCUT2D eigenvalue weighted by atomic mass is 10.1. The van der Waals surface area contributed by atoms with E-state index in [-0.39, 0.29) is 25.7 Å². The number of esters is 4. The summed E-state index contributed by atoms with van der Waals surface area (Å²) >= 11 is 0. The molecule has 0 aromatic carbocycles. The predicted octanol–water partition coefficient (Wildman–Crippen LogP) is 22.1. The van der Waals surface area contributed by atoms with Crippen molar-refractivity contribution in [1.82, 2.24) is 0 Å². The van der Waals surface area contributed by atoms with Crippen molar-refractivity contribution < 1.29 is 80.2 Å². The molecule has 0 rings (SSSR count). The van der Waals surface area contributed by atoms with E-state index in [9.17, 15) is 43.2 Å². The first-order valence-corrected chi connectivity index (χ1v) is 41.0. The molecular weight excluding hydrogens is 1350 g/mol. The molecule has 0 bridgehead atoms. The highest BCUT2D eigenvalue weighted by Crippen LogP contribution is 2.45. The molecule has 0 saturated carbocycles. The minimum absolute atomic E-state index is 0.102. The van der Waals surface area contributed by atoms with E-state index in [4.69, 9.17) is 37.0 Å². The molecule has 0 aliphatic rings. The SMILES string of the molecule is CC/C=C\C/C=C\C/C=C\C/C=C\C/C=C\CC(=O)OC(COC(=O)CCCCCC/C=C\C/C=C\C/C=C\C/C=C\CC)COP(=O)(O)OCC(O)COP(=O)(O)OCC(COC(=O)CCCCCC/C=C\C/C=C\C/C=C\C/C=C\CC)OC(=O)C/C=C\C/C=C\C/C=C\C/C=C\C/C=C\CC. The van der Waals surface area contributed by atoms with Crippen LogP contribution < -0.4 is 0 Å². The Morgan fingerprint density at radius 3 is 0.760 bits per heavy atom. The van der Waals surface area contributed by atoms with Crippen LogP contribution in [0.15, 0.2) is 219 Å². The van der Waals surface area contributed by atoms with E-state index in [1.165, 1.54) is 0 Å².